The standard InChI is InChI=1S/C17H16ClFN2/c1-20-10-13-5-2-4-12-8-9-21(17(12)13)11-14-6-3-7-15(18)16(14)19/h2-9,20H,10-11H2,1H3. The smallest absolute Gasteiger partial charge is 0.146 e. The second-order valence-corrected chi connectivity index (χ2v) is 5.45. The van der Waals surface area contributed by atoms with E-state index >= 15 is 0 Å². The number of para-hydroxylation sites is 1. The molecule has 0 saturated heterocycles. The van der Waals surface area contributed by atoms with Crippen molar-refractivity contribution in [1.29, 1.82) is 0 Å². The van der Waals surface area contributed by atoms with Crippen LogP contribution in [0.1, 0.15) is 11.1 Å². The Bertz CT molecular complexity index is 780. The van der Waals surface area contributed by atoms with Crippen LogP contribution >= 0.6 is 11.6 Å². The summed E-state index contributed by atoms with van der Waals surface area (Å²) in [6.07, 6.45) is 1.99. The molecule has 0 aliphatic carbocycles. The van der Waals surface area contributed by atoms with Crippen molar-refractivity contribution in [3.8, 4) is 0 Å². The maximum absolute atomic E-state index is 14.1. The van der Waals surface area contributed by atoms with E-state index in [1.54, 1.807) is 18.2 Å². The summed E-state index contributed by atoms with van der Waals surface area (Å²) in [4.78, 5) is 0. The van der Waals surface area contributed by atoms with Gasteiger partial charge in [-0.05, 0) is 30.1 Å². The zero-order valence-electron chi connectivity index (χ0n) is 11.7. The summed E-state index contributed by atoms with van der Waals surface area (Å²) in [5.41, 5.74) is 2.92. The highest BCUT2D eigenvalue weighted by Crippen LogP contribution is 2.24. The van der Waals surface area contributed by atoms with Crippen LogP contribution in [0.2, 0.25) is 5.02 Å². The van der Waals surface area contributed by atoms with Crippen LogP contribution in [0, 0.1) is 5.82 Å². The predicted octanol–water partition coefficient (Wildman–Crippen LogP) is 4.20. The highest BCUT2D eigenvalue weighted by Gasteiger charge is 2.10. The first-order valence-corrected chi connectivity index (χ1v) is 7.22. The van der Waals surface area contributed by atoms with Crippen molar-refractivity contribution in [3.63, 3.8) is 0 Å². The molecule has 1 N–H and O–H groups in total. The van der Waals surface area contributed by atoms with Crippen LogP contribution in [-0.4, -0.2) is 11.6 Å². The molecule has 3 rings (SSSR count). The maximum Gasteiger partial charge on any atom is 0.146 e. The normalized spacial score (nSPS) is 11.2. The fourth-order valence-electron chi connectivity index (χ4n) is 2.66. The van der Waals surface area contributed by atoms with Gasteiger partial charge in [-0.3, -0.25) is 0 Å². The summed E-state index contributed by atoms with van der Waals surface area (Å²) in [6, 6.07) is 13.4. The second-order valence-electron chi connectivity index (χ2n) is 5.04. The molecule has 2 aromatic carbocycles. The summed E-state index contributed by atoms with van der Waals surface area (Å²) >= 11 is 5.86. The first-order valence-electron chi connectivity index (χ1n) is 6.85. The Morgan fingerprint density at radius 1 is 1.10 bits per heavy atom. The predicted molar refractivity (Wildman–Crippen MR) is 85.2 cm³/mol. The highest BCUT2D eigenvalue weighted by atomic mass is 35.5. The quantitative estimate of drug-likeness (QED) is 0.764. The highest BCUT2D eigenvalue weighted by molar-refractivity contribution is 6.30. The topological polar surface area (TPSA) is 17.0 Å². The molecule has 4 heteroatoms. The summed E-state index contributed by atoms with van der Waals surface area (Å²) in [5, 5.41) is 4.49. The zero-order chi connectivity index (χ0) is 14.8. The SMILES string of the molecule is CNCc1cccc2ccn(Cc3cccc(Cl)c3F)c12. The molecule has 0 aliphatic rings. The van der Waals surface area contributed by atoms with Crippen LogP contribution in [0.4, 0.5) is 4.39 Å². The van der Waals surface area contributed by atoms with Gasteiger partial charge in [-0.25, -0.2) is 4.39 Å². The molecule has 1 aromatic heterocycles. The third-order valence-corrected chi connectivity index (χ3v) is 3.90. The Morgan fingerprint density at radius 2 is 1.86 bits per heavy atom. The monoisotopic (exact) mass is 302 g/mol. The lowest BCUT2D eigenvalue weighted by Gasteiger charge is -2.11. The van der Waals surface area contributed by atoms with E-state index in [1.165, 1.54) is 5.56 Å². The molecular weight excluding hydrogens is 287 g/mol. The molecule has 0 saturated carbocycles. The molecule has 0 aliphatic heterocycles. The largest absolute Gasteiger partial charge is 0.343 e. The fraction of sp³-hybridized carbons (Fsp3) is 0.176. The van der Waals surface area contributed by atoms with Gasteiger partial charge in [0.05, 0.1) is 17.1 Å². The third-order valence-electron chi connectivity index (χ3n) is 3.61. The number of halogens is 2. The summed E-state index contributed by atoms with van der Waals surface area (Å²) in [7, 11) is 1.92. The summed E-state index contributed by atoms with van der Waals surface area (Å²) < 4.78 is 16.2. The Labute approximate surface area is 128 Å². The number of nitrogens with one attached hydrogen (secondary N) is 1. The molecule has 0 fully saturated rings. The second kappa shape index (κ2) is 5.88. The number of rotatable bonds is 4. The molecule has 0 amide bonds. The third kappa shape index (κ3) is 2.67. The molecule has 0 atom stereocenters. The van der Waals surface area contributed by atoms with E-state index in [1.807, 2.05) is 19.3 Å². The summed E-state index contributed by atoms with van der Waals surface area (Å²) in [6.45, 7) is 1.25. The first-order chi connectivity index (χ1) is 10.2. The lowest BCUT2D eigenvalue weighted by Crippen LogP contribution is -2.08. The molecule has 2 nitrogen and oxygen atoms in total. The molecule has 0 bridgehead atoms. The molecule has 0 radical (unpaired) electrons. The molecule has 3 aromatic rings. The average Bonchev–Trinajstić information content (AvgIpc) is 2.89. The lowest BCUT2D eigenvalue weighted by atomic mass is 10.1. The van der Waals surface area contributed by atoms with E-state index in [0.717, 1.165) is 17.4 Å². The van der Waals surface area contributed by atoms with Crippen molar-refractivity contribution >= 4 is 22.5 Å². The van der Waals surface area contributed by atoms with Crippen LogP contribution in [0.5, 0.6) is 0 Å². The van der Waals surface area contributed by atoms with E-state index in [-0.39, 0.29) is 10.8 Å². The van der Waals surface area contributed by atoms with E-state index in [4.69, 9.17) is 11.6 Å². The molecular formula is C17H16ClFN2. The Kier molecular flexibility index (Phi) is 3.95. The maximum atomic E-state index is 14.1. The van der Waals surface area contributed by atoms with Crippen LogP contribution in [-0.2, 0) is 13.1 Å². The molecule has 0 unspecified atom stereocenters. The van der Waals surface area contributed by atoms with E-state index in [9.17, 15) is 4.39 Å². The number of aromatic nitrogens is 1. The van der Waals surface area contributed by atoms with Gasteiger partial charge in [-0.15, -0.1) is 0 Å². The first kappa shape index (κ1) is 14.1. The van der Waals surface area contributed by atoms with Crippen molar-refractivity contribution in [1.82, 2.24) is 9.88 Å². The van der Waals surface area contributed by atoms with E-state index in [0.29, 0.717) is 12.1 Å². The van der Waals surface area contributed by atoms with Crippen LogP contribution in [0.15, 0.2) is 48.7 Å². The minimum absolute atomic E-state index is 0.166. The van der Waals surface area contributed by atoms with Gasteiger partial charge in [0, 0.05) is 18.3 Å². The molecule has 21 heavy (non-hydrogen) atoms. The van der Waals surface area contributed by atoms with Gasteiger partial charge in [0.1, 0.15) is 5.82 Å². The van der Waals surface area contributed by atoms with E-state index < -0.39 is 0 Å². The molecule has 0 spiro atoms. The van der Waals surface area contributed by atoms with Gasteiger partial charge in [0.15, 0.2) is 0 Å². The Balaban J connectivity index is 2.06. The number of hydrogen-bond donors (Lipinski definition) is 1. The van der Waals surface area contributed by atoms with Crippen LogP contribution in [0.25, 0.3) is 10.9 Å². The van der Waals surface area contributed by atoms with E-state index in [2.05, 4.69) is 28.1 Å². The number of nitrogens with zero attached hydrogens (tertiary/aromatic N) is 1. The van der Waals surface area contributed by atoms with Gasteiger partial charge in [-0.1, -0.05) is 41.9 Å². The molecule has 1 heterocycles. The average molecular weight is 303 g/mol. The van der Waals surface area contributed by atoms with Gasteiger partial charge in [-0.2, -0.15) is 0 Å². The van der Waals surface area contributed by atoms with Gasteiger partial charge >= 0.3 is 0 Å². The minimum atomic E-state index is -0.341. The zero-order valence-corrected chi connectivity index (χ0v) is 12.5. The van der Waals surface area contributed by atoms with Crippen molar-refractivity contribution in [3.05, 3.63) is 70.6 Å². The summed E-state index contributed by atoms with van der Waals surface area (Å²) in [5.74, 6) is -0.341. The lowest BCUT2D eigenvalue weighted by molar-refractivity contribution is 0.602. The van der Waals surface area contributed by atoms with Gasteiger partial charge < -0.3 is 9.88 Å². The molecule has 108 valence electrons. The number of benzene rings is 2. The minimum Gasteiger partial charge on any atom is -0.343 e. The van der Waals surface area contributed by atoms with Gasteiger partial charge in [0.25, 0.3) is 0 Å². The number of hydrogen-bond acceptors (Lipinski definition) is 1. The van der Waals surface area contributed by atoms with Gasteiger partial charge in [0.2, 0.25) is 0 Å². The van der Waals surface area contributed by atoms with Crippen molar-refractivity contribution in [2.75, 3.05) is 7.05 Å². The van der Waals surface area contributed by atoms with Crippen LogP contribution < -0.4 is 5.32 Å². The van der Waals surface area contributed by atoms with Crippen molar-refractivity contribution < 1.29 is 4.39 Å². The van der Waals surface area contributed by atoms with Crippen molar-refractivity contribution in [2.24, 2.45) is 0 Å². The number of fused-ring (bicyclic) bond motifs is 1. The Hall–Kier alpha value is -1.84. The Morgan fingerprint density at radius 3 is 2.67 bits per heavy atom. The van der Waals surface area contributed by atoms with Crippen LogP contribution in [0.3, 0.4) is 0 Å². The fourth-order valence-corrected chi connectivity index (χ4v) is 2.85. The van der Waals surface area contributed by atoms with Crippen molar-refractivity contribution in [2.45, 2.75) is 13.1 Å².